The van der Waals surface area contributed by atoms with Gasteiger partial charge >= 0.3 is 0 Å². The quantitative estimate of drug-likeness (QED) is 0.668. The molecule has 0 spiro atoms. The molecule has 0 amide bonds. The number of hydrogen-bond donors (Lipinski definition) is 3. The van der Waals surface area contributed by atoms with Gasteiger partial charge in [-0.25, -0.2) is 0 Å². The Kier molecular flexibility index (Phi) is 4.43. The van der Waals surface area contributed by atoms with Crippen LogP contribution in [0.25, 0.3) is 0 Å². The fraction of sp³-hybridized carbons (Fsp3) is 0.500. The van der Waals surface area contributed by atoms with E-state index in [0.717, 1.165) is 5.69 Å². The van der Waals surface area contributed by atoms with Crippen molar-refractivity contribution in [3.05, 3.63) is 18.2 Å². The molecule has 1 aromatic carbocycles. The van der Waals surface area contributed by atoms with Crippen LogP contribution in [0.2, 0.25) is 0 Å². The van der Waals surface area contributed by atoms with E-state index >= 15 is 0 Å². The monoisotopic (exact) mass is 224 g/mol. The molecule has 4 heteroatoms. The molecule has 0 aliphatic heterocycles. The third kappa shape index (κ3) is 3.62. The number of hydrogen-bond acceptors (Lipinski definition) is 4. The third-order valence-corrected chi connectivity index (χ3v) is 2.02. The van der Waals surface area contributed by atoms with Crippen molar-refractivity contribution in [2.75, 3.05) is 17.6 Å². The van der Waals surface area contributed by atoms with Crippen LogP contribution >= 0.6 is 0 Å². The maximum Gasteiger partial charge on any atom is 0.144 e. The summed E-state index contributed by atoms with van der Waals surface area (Å²) in [4.78, 5) is 0. The molecule has 0 fully saturated rings. The van der Waals surface area contributed by atoms with E-state index < -0.39 is 6.10 Å². The summed E-state index contributed by atoms with van der Waals surface area (Å²) in [5.74, 6) is 0.672. The maximum absolute atomic E-state index is 9.18. The van der Waals surface area contributed by atoms with Gasteiger partial charge in [-0.3, -0.25) is 0 Å². The summed E-state index contributed by atoms with van der Waals surface area (Å²) in [5, 5.41) is 12.3. The summed E-state index contributed by atoms with van der Waals surface area (Å²) < 4.78 is 5.56. The molecule has 0 aliphatic carbocycles. The second-order valence-corrected chi connectivity index (χ2v) is 4.11. The van der Waals surface area contributed by atoms with Gasteiger partial charge in [-0.1, -0.05) is 6.07 Å². The van der Waals surface area contributed by atoms with Gasteiger partial charge in [0.15, 0.2) is 0 Å². The van der Waals surface area contributed by atoms with E-state index in [4.69, 9.17) is 10.5 Å². The number of nitrogens with one attached hydrogen (secondary N) is 1. The molecule has 4 nitrogen and oxygen atoms in total. The molecule has 0 aromatic heterocycles. The lowest BCUT2D eigenvalue weighted by atomic mass is 10.2. The van der Waals surface area contributed by atoms with Crippen molar-refractivity contribution in [1.82, 2.24) is 0 Å². The molecule has 16 heavy (non-hydrogen) atoms. The minimum absolute atomic E-state index is 0.0920. The number of para-hydroxylation sites is 1. The Morgan fingerprint density at radius 1 is 1.38 bits per heavy atom. The van der Waals surface area contributed by atoms with Gasteiger partial charge in [0.2, 0.25) is 0 Å². The average molecular weight is 224 g/mol. The minimum Gasteiger partial charge on any atom is -0.489 e. The van der Waals surface area contributed by atoms with E-state index in [2.05, 4.69) is 5.32 Å². The summed E-state index contributed by atoms with van der Waals surface area (Å²) in [6.07, 6.45) is -0.316. The summed E-state index contributed by atoms with van der Waals surface area (Å²) in [5.41, 5.74) is 7.32. The Bertz CT molecular complexity index is 338. The van der Waals surface area contributed by atoms with Gasteiger partial charge in [0, 0.05) is 6.54 Å². The molecule has 1 unspecified atom stereocenters. The molecule has 0 bridgehead atoms. The van der Waals surface area contributed by atoms with Gasteiger partial charge in [-0.2, -0.15) is 0 Å². The normalized spacial score (nSPS) is 12.6. The van der Waals surface area contributed by atoms with E-state index in [1.165, 1.54) is 0 Å². The smallest absolute Gasteiger partial charge is 0.144 e. The molecule has 0 saturated carbocycles. The molecule has 1 aromatic rings. The number of benzene rings is 1. The highest BCUT2D eigenvalue weighted by atomic mass is 16.5. The number of ether oxygens (including phenoxy) is 1. The highest BCUT2D eigenvalue weighted by Crippen LogP contribution is 2.29. The van der Waals surface area contributed by atoms with Crippen LogP contribution in [-0.2, 0) is 0 Å². The van der Waals surface area contributed by atoms with Gasteiger partial charge in [0.25, 0.3) is 0 Å². The topological polar surface area (TPSA) is 67.5 Å². The largest absolute Gasteiger partial charge is 0.489 e. The Hall–Kier alpha value is -1.42. The lowest BCUT2D eigenvalue weighted by Gasteiger charge is -2.16. The lowest BCUT2D eigenvalue weighted by Crippen LogP contribution is -2.16. The number of rotatable bonds is 5. The number of nitrogen functional groups attached to an aromatic ring is 1. The van der Waals surface area contributed by atoms with Gasteiger partial charge in [-0.05, 0) is 32.9 Å². The molecular formula is C12H20N2O2. The second kappa shape index (κ2) is 5.61. The van der Waals surface area contributed by atoms with E-state index in [-0.39, 0.29) is 6.10 Å². The molecule has 1 rings (SSSR count). The fourth-order valence-electron chi connectivity index (χ4n) is 1.31. The van der Waals surface area contributed by atoms with Crippen LogP contribution in [0.1, 0.15) is 20.8 Å². The Balaban J connectivity index is 2.78. The van der Waals surface area contributed by atoms with Gasteiger partial charge in [0.05, 0.1) is 23.6 Å². The highest BCUT2D eigenvalue weighted by Gasteiger charge is 2.07. The first-order valence-electron chi connectivity index (χ1n) is 5.47. The van der Waals surface area contributed by atoms with Crippen molar-refractivity contribution < 1.29 is 9.84 Å². The van der Waals surface area contributed by atoms with Crippen LogP contribution in [0.15, 0.2) is 18.2 Å². The summed E-state index contributed by atoms with van der Waals surface area (Å²) >= 11 is 0. The third-order valence-electron chi connectivity index (χ3n) is 2.02. The van der Waals surface area contributed by atoms with Gasteiger partial charge in [0.1, 0.15) is 5.75 Å². The first kappa shape index (κ1) is 12.6. The number of nitrogens with two attached hydrogens (primary N) is 1. The first-order valence-corrected chi connectivity index (χ1v) is 5.47. The molecule has 0 aliphatic rings. The van der Waals surface area contributed by atoms with Crippen molar-refractivity contribution in [3.63, 3.8) is 0 Å². The van der Waals surface area contributed by atoms with Crippen LogP contribution in [-0.4, -0.2) is 23.9 Å². The Morgan fingerprint density at radius 2 is 2.06 bits per heavy atom. The molecule has 0 radical (unpaired) electrons. The second-order valence-electron chi connectivity index (χ2n) is 4.11. The average Bonchev–Trinajstić information content (AvgIpc) is 2.18. The van der Waals surface area contributed by atoms with E-state index in [1.807, 2.05) is 32.0 Å². The fourth-order valence-corrected chi connectivity index (χ4v) is 1.31. The molecule has 1 atom stereocenters. The van der Waals surface area contributed by atoms with Crippen molar-refractivity contribution in [2.45, 2.75) is 33.0 Å². The van der Waals surface area contributed by atoms with Gasteiger partial charge < -0.3 is 20.9 Å². The standard InChI is InChI=1S/C12H20N2O2/c1-8(2)16-11-6-4-5-10(12(11)13)14-7-9(3)15/h4-6,8-9,14-15H,7,13H2,1-3H3. The number of anilines is 2. The first-order chi connectivity index (χ1) is 7.50. The zero-order valence-corrected chi connectivity index (χ0v) is 10.0. The Labute approximate surface area is 96.4 Å². The van der Waals surface area contributed by atoms with E-state index in [0.29, 0.717) is 18.0 Å². The van der Waals surface area contributed by atoms with E-state index in [9.17, 15) is 5.11 Å². The summed E-state index contributed by atoms with van der Waals surface area (Å²) in [7, 11) is 0. The minimum atomic E-state index is -0.408. The van der Waals surface area contributed by atoms with E-state index in [1.54, 1.807) is 6.92 Å². The molecular weight excluding hydrogens is 204 g/mol. The van der Waals surface area contributed by atoms with Crippen LogP contribution in [0.3, 0.4) is 0 Å². The molecule has 0 saturated heterocycles. The lowest BCUT2D eigenvalue weighted by molar-refractivity contribution is 0.208. The summed E-state index contributed by atoms with van der Waals surface area (Å²) in [6.45, 7) is 6.09. The van der Waals surface area contributed by atoms with Crippen molar-refractivity contribution in [3.8, 4) is 5.75 Å². The molecule has 90 valence electrons. The number of aliphatic hydroxyl groups is 1. The zero-order chi connectivity index (χ0) is 12.1. The van der Waals surface area contributed by atoms with Crippen LogP contribution in [0, 0.1) is 0 Å². The van der Waals surface area contributed by atoms with Crippen molar-refractivity contribution in [2.24, 2.45) is 0 Å². The summed E-state index contributed by atoms with van der Waals surface area (Å²) in [6, 6.07) is 5.58. The van der Waals surface area contributed by atoms with Crippen molar-refractivity contribution in [1.29, 1.82) is 0 Å². The molecule has 4 N–H and O–H groups in total. The SMILES string of the molecule is CC(O)CNc1cccc(OC(C)C)c1N. The van der Waals surface area contributed by atoms with Crippen molar-refractivity contribution >= 4 is 11.4 Å². The predicted octanol–water partition coefficient (Wildman–Crippen LogP) is 1.85. The number of aliphatic hydroxyl groups excluding tert-OH is 1. The van der Waals surface area contributed by atoms with Crippen LogP contribution in [0.4, 0.5) is 11.4 Å². The predicted molar refractivity (Wildman–Crippen MR) is 66.8 cm³/mol. The maximum atomic E-state index is 9.18. The zero-order valence-electron chi connectivity index (χ0n) is 10.0. The molecule has 0 heterocycles. The van der Waals surface area contributed by atoms with Crippen LogP contribution < -0.4 is 15.8 Å². The van der Waals surface area contributed by atoms with Crippen LogP contribution in [0.5, 0.6) is 5.75 Å². The highest BCUT2D eigenvalue weighted by molar-refractivity contribution is 5.72. The van der Waals surface area contributed by atoms with Gasteiger partial charge in [-0.15, -0.1) is 0 Å². The Morgan fingerprint density at radius 3 is 2.62 bits per heavy atom.